The number of nitrogens with one attached hydrogen (secondary N) is 3. The molecule has 1 saturated heterocycles. The second-order valence-corrected chi connectivity index (χ2v) is 6.75. The van der Waals surface area contributed by atoms with Crippen molar-refractivity contribution in [1.82, 2.24) is 16.0 Å². The summed E-state index contributed by atoms with van der Waals surface area (Å²) < 4.78 is 5.15. The summed E-state index contributed by atoms with van der Waals surface area (Å²) in [5.74, 6) is -2.12. The molecule has 3 amide bonds. The Bertz CT molecular complexity index is 690. The maximum Gasteiger partial charge on any atom is 0.408 e. The number of Topliss-reactive ketones (excluding diaryl/α,β-unsaturated/α-hetero) is 1. The van der Waals surface area contributed by atoms with Gasteiger partial charge >= 0.3 is 6.09 Å². The largest absolute Gasteiger partial charge is 0.445 e. The van der Waals surface area contributed by atoms with Crippen molar-refractivity contribution in [2.75, 3.05) is 6.54 Å². The summed E-state index contributed by atoms with van der Waals surface area (Å²) in [6, 6.07) is 7.40. The fraction of sp³-hybridized carbons (Fsp3) is 0.474. The molecule has 1 fully saturated rings. The highest BCUT2D eigenvalue weighted by Crippen LogP contribution is 2.08. The van der Waals surface area contributed by atoms with E-state index in [1.807, 2.05) is 30.3 Å². The monoisotopic (exact) mass is 375 g/mol. The van der Waals surface area contributed by atoms with Crippen LogP contribution in [0.15, 0.2) is 30.3 Å². The van der Waals surface area contributed by atoms with Crippen LogP contribution in [0.1, 0.15) is 32.3 Å². The van der Waals surface area contributed by atoms with Gasteiger partial charge < -0.3 is 20.7 Å². The number of ether oxygens (including phenoxy) is 1. The normalized spacial score (nSPS) is 18.3. The molecule has 27 heavy (non-hydrogen) atoms. The maximum absolute atomic E-state index is 12.6. The number of rotatable bonds is 6. The molecule has 0 aliphatic carbocycles. The van der Waals surface area contributed by atoms with Crippen LogP contribution in [0.4, 0.5) is 4.79 Å². The van der Waals surface area contributed by atoms with Crippen molar-refractivity contribution in [2.45, 2.75) is 45.4 Å². The van der Waals surface area contributed by atoms with Crippen LogP contribution in [0.5, 0.6) is 0 Å². The van der Waals surface area contributed by atoms with Gasteiger partial charge in [-0.15, -0.1) is 0 Å². The summed E-state index contributed by atoms with van der Waals surface area (Å²) in [5.41, 5.74) is 0.827. The Balaban J connectivity index is 1.92. The molecule has 0 aromatic heterocycles. The first kappa shape index (κ1) is 20.4. The number of ketones is 1. The first-order valence-electron chi connectivity index (χ1n) is 8.98. The van der Waals surface area contributed by atoms with Gasteiger partial charge in [-0.1, -0.05) is 44.2 Å². The van der Waals surface area contributed by atoms with E-state index in [-0.39, 0.29) is 12.5 Å². The number of amides is 3. The SMILES string of the molecule is CC(C)[C@H](NC(=O)OCc1ccccc1)C(=O)NC1CCCNC(=O)C1=O. The van der Waals surface area contributed by atoms with E-state index in [2.05, 4.69) is 16.0 Å². The molecule has 3 N–H and O–H groups in total. The zero-order valence-electron chi connectivity index (χ0n) is 15.5. The average molecular weight is 375 g/mol. The molecule has 1 unspecified atom stereocenters. The Morgan fingerprint density at radius 3 is 2.59 bits per heavy atom. The third-order valence-corrected chi connectivity index (χ3v) is 4.25. The predicted molar refractivity (Wildman–Crippen MR) is 97.6 cm³/mol. The topological polar surface area (TPSA) is 114 Å². The summed E-state index contributed by atoms with van der Waals surface area (Å²) in [5, 5.41) is 7.60. The molecule has 1 aliphatic rings. The molecule has 0 saturated carbocycles. The van der Waals surface area contributed by atoms with Crippen LogP contribution in [0.3, 0.4) is 0 Å². The van der Waals surface area contributed by atoms with Gasteiger partial charge in [-0.3, -0.25) is 14.4 Å². The molecule has 146 valence electrons. The van der Waals surface area contributed by atoms with E-state index in [1.165, 1.54) is 0 Å². The third-order valence-electron chi connectivity index (χ3n) is 4.25. The van der Waals surface area contributed by atoms with Gasteiger partial charge in [-0.05, 0) is 24.3 Å². The maximum atomic E-state index is 12.6. The number of hydrogen-bond acceptors (Lipinski definition) is 5. The molecule has 0 bridgehead atoms. The third kappa shape index (κ3) is 6.09. The van der Waals surface area contributed by atoms with Crippen LogP contribution < -0.4 is 16.0 Å². The van der Waals surface area contributed by atoms with Crippen molar-refractivity contribution >= 4 is 23.7 Å². The van der Waals surface area contributed by atoms with Crippen LogP contribution in [-0.4, -0.2) is 42.3 Å². The molecule has 1 heterocycles. The van der Waals surface area contributed by atoms with E-state index in [0.29, 0.717) is 19.4 Å². The van der Waals surface area contributed by atoms with Crippen molar-refractivity contribution in [2.24, 2.45) is 5.92 Å². The van der Waals surface area contributed by atoms with Gasteiger partial charge in [-0.25, -0.2) is 4.79 Å². The van der Waals surface area contributed by atoms with Gasteiger partial charge in [0.05, 0.1) is 6.04 Å². The zero-order valence-corrected chi connectivity index (χ0v) is 15.5. The molecule has 8 heteroatoms. The first-order chi connectivity index (χ1) is 12.9. The molecule has 1 aromatic rings. The van der Waals surface area contributed by atoms with E-state index in [1.54, 1.807) is 13.8 Å². The second kappa shape index (κ2) is 9.70. The van der Waals surface area contributed by atoms with Gasteiger partial charge in [0.1, 0.15) is 12.6 Å². The van der Waals surface area contributed by atoms with Crippen LogP contribution >= 0.6 is 0 Å². The van der Waals surface area contributed by atoms with Crippen molar-refractivity contribution in [3.63, 3.8) is 0 Å². The molecule has 1 aliphatic heterocycles. The fourth-order valence-corrected chi connectivity index (χ4v) is 2.71. The zero-order chi connectivity index (χ0) is 19.8. The van der Waals surface area contributed by atoms with Gasteiger partial charge in [0, 0.05) is 6.54 Å². The highest BCUT2D eigenvalue weighted by atomic mass is 16.5. The van der Waals surface area contributed by atoms with Crippen molar-refractivity contribution in [3.05, 3.63) is 35.9 Å². The lowest BCUT2D eigenvalue weighted by atomic mass is 10.0. The highest BCUT2D eigenvalue weighted by molar-refractivity contribution is 6.38. The smallest absolute Gasteiger partial charge is 0.408 e. The summed E-state index contributed by atoms with van der Waals surface area (Å²) in [6.45, 7) is 4.02. The molecular weight excluding hydrogens is 350 g/mol. The molecule has 8 nitrogen and oxygen atoms in total. The molecule has 0 radical (unpaired) electrons. The van der Waals surface area contributed by atoms with Crippen LogP contribution in [-0.2, 0) is 25.7 Å². The Morgan fingerprint density at radius 1 is 1.22 bits per heavy atom. The standard InChI is InChI=1S/C19H25N3O5/c1-12(2)15(22-19(26)27-11-13-7-4-3-5-8-13)17(24)21-14-9-6-10-20-18(25)16(14)23/h3-5,7-8,12,14-15H,6,9-11H2,1-2H3,(H,20,25)(H,21,24)(H,22,26)/t14?,15-/m0/s1. The Labute approximate surface area is 158 Å². The Morgan fingerprint density at radius 2 is 1.93 bits per heavy atom. The first-order valence-corrected chi connectivity index (χ1v) is 8.98. The molecule has 2 atom stereocenters. The lowest BCUT2D eigenvalue weighted by Crippen LogP contribution is -2.54. The van der Waals surface area contributed by atoms with Crippen LogP contribution in [0, 0.1) is 5.92 Å². The quantitative estimate of drug-likeness (QED) is 0.640. The Hall–Kier alpha value is -2.90. The number of alkyl carbamates (subject to hydrolysis) is 1. The van der Waals surface area contributed by atoms with Gasteiger partial charge in [0.2, 0.25) is 11.7 Å². The summed E-state index contributed by atoms with van der Waals surface area (Å²) in [4.78, 5) is 48.2. The number of carbonyl (C=O) groups excluding carboxylic acids is 4. The lowest BCUT2D eigenvalue weighted by molar-refractivity contribution is -0.139. The van der Waals surface area contributed by atoms with Gasteiger partial charge in [-0.2, -0.15) is 0 Å². The molecule has 2 rings (SSSR count). The van der Waals surface area contributed by atoms with E-state index in [9.17, 15) is 19.2 Å². The summed E-state index contributed by atoms with van der Waals surface area (Å²) in [7, 11) is 0. The minimum Gasteiger partial charge on any atom is -0.445 e. The van der Waals surface area contributed by atoms with Crippen molar-refractivity contribution < 1.29 is 23.9 Å². The van der Waals surface area contributed by atoms with Crippen LogP contribution in [0.25, 0.3) is 0 Å². The van der Waals surface area contributed by atoms with E-state index in [4.69, 9.17) is 4.74 Å². The van der Waals surface area contributed by atoms with E-state index in [0.717, 1.165) is 5.56 Å². The van der Waals surface area contributed by atoms with E-state index < -0.39 is 35.8 Å². The average Bonchev–Trinajstić information content (AvgIpc) is 2.80. The minimum absolute atomic E-state index is 0.0837. The van der Waals surface area contributed by atoms with Gasteiger partial charge in [0.25, 0.3) is 5.91 Å². The summed E-state index contributed by atoms with van der Waals surface area (Å²) >= 11 is 0. The number of carbonyl (C=O) groups is 4. The summed E-state index contributed by atoms with van der Waals surface area (Å²) in [6.07, 6.45) is 0.228. The predicted octanol–water partition coefficient (Wildman–Crippen LogP) is 0.901. The fourth-order valence-electron chi connectivity index (χ4n) is 2.71. The van der Waals surface area contributed by atoms with E-state index >= 15 is 0 Å². The Kier molecular flexibility index (Phi) is 7.34. The molecule has 0 spiro atoms. The minimum atomic E-state index is -0.886. The van der Waals surface area contributed by atoms with Gasteiger partial charge in [0.15, 0.2) is 0 Å². The van der Waals surface area contributed by atoms with Crippen molar-refractivity contribution in [3.8, 4) is 0 Å². The molecule has 1 aromatic carbocycles. The molecular formula is C19H25N3O5. The van der Waals surface area contributed by atoms with Crippen LogP contribution in [0.2, 0.25) is 0 Å². The van der Waals surface area contributed by atoms with Crippen molar-refractivity contribution in [1.29, 1.82) is 0 Å². The second-order valence-electron chi connectivity index (χ2n) is 6.75. The highest BCUT2D eigenvalue weighted by Gasteiger charge is 2.32. The number of benzene rings is 1. The number of hydrogen-bond donors (Lipinski definition) is 3. The lowest BCUT2D eigenvalue weighted by Gasteiger charge is -2.23.